The first-order valence-electron chi connectivity index (χ1n) is 9.25. The highest BCUT2D eigenvalue weighted by Gasteiger charge is 2.40. The summed E-state index contributed by atoms with van der Waals surface area (Å²) in [5.74, 6) is -1.28. The molecule has 0 saturated carbocycles. The monoisotopic (exact) mass is 406 g/mol. The molecular formula is C23H22N2O5. The summed E-state index contributed by atoms with van der Waals surface area (Å²) in [5, 5.41) is 15.2. The number of oxime groups is 1. The Bertz CT molecular complexity index is 985. The SMILES string of the molecule is COC(OC)(C(=NOCc1ccc([N+](=O)[O-])cc1)c1ccccc1)c1ccccc1. The molecule has 154 valence electrons. The first-order valence-corrected chi connectivity index (χ1v) is 9.25. The zero-order valence-electron chi connectivity index (χ0n) is 16.7. The topological polar surface area (TPSA) is 83.2 Å². The number of nitro groups is 1. The van der Waals surface area contributed by atoms with Gasteiger partial charge in [0, 0.05) is 37.5 Å². The van der Waals surface area contributed by atoms with Crippen LogP contribution in [-0.4, -0.2) is 24.9 Å². The van der Waals surface area contributed by atoms with Gasteiger partial charge in [0.1, 0.15) is 6.61 Å². The summed E-state index contributed by atoms with van der Waals surface area (Å²) < 4.78 is 11.7. The van der Waals surface area contributed by atoms with Crippen molar-refractivity contribution in [3.05, 3.63) is 112 Å². The summed E-state index contributed by atoms with van der Waals surface area (Å²) in [6.07, 6.45) is 0. The van der Waals surface area contributed by atoms with Crippen LogP contribution in [0.5, 0.6) is 0 Å². The molecule has 0 amide bonds. The molecule has 0 bridgehead atoms. The number of hydrogen-bond donors (Lipinski definition) is 0. The van der Waals surface area contributed by atoms with Gasteiger partial charge in [0.15, 0.2) is 5.71 Å². The standard InChI is InChI=1S/C23H22N2O5/c1-28-23(29-2,20-11-7-4-8-12-20)22(19-9-5-3-6-10-19)24-30-17-18-13-15-21(16-14-18)25(26)27/h3-16H,17H2,1-2H3. The average molecular weight is 406 g/mol. The smallest absolute Gasteiger partial charge is 0.269 e. The Kier molecular flexibility index (Phi) is 6.90. The molecule has 0 aliphatic rings. The fourth-order valence-corrected chi connectivity index (χ4v) is 3.09. The van der Waals surface area contributed by atoms with E-state index in [1.165, 1.54) is 12.1 Å². The Morgan fingerprint density at radius 2 is 1.47 bits per heavy atom. The molecule has 0 aromatic heterocycles. The molecule has 30 heavy (non-hydrogen) atoms. The van der Waals surface area contributed by atoms with Gasteiger partial charge in [0.25, 0.3) is 5.69 Å². The fraction of sp³-hybridized carbons (Fsp3) is 0.174. The van der Waals surface area contributed by atoms with Crippen LogP contribution in [0.15, 0.2) is 90.1 Å². The molecule has 0 aliphatic carbocycles. The fourth-order valence-electron chi connectivity index (χ4n) is 3.09. The number of hydrogen-bond acceptors (Lipinski definition) is 6. The second-order valence-corrected chi connectivity index (χ2v) is 6.39. The predicted octanol–water partition coefficient (Wildman–Crippen LogP) is 4.66. The van der Waals surface area contributed by atoms with Crippen molar-refractivity contribution in [2.75, 3.05) is 14.2 Å². The Labute approximate surface area is 174 Å². The van der Waals surface area contributed by atoms with Gasteiger partial charge in [-0.15, -0.1) is 0 Å². The van der Waals surface area contributed by atoms with E-state index < -0.39 is 10.7 Å². The van der Waals surface area contributed by atoms with Crippen molar-refractivity contribution in [3.63, 3.8) is 0 Å². The lowest BCUT2D eigenvalue weighted by molar-refractivity contribution is -0.384. The van der Waals surface area contributed by atoms with Gasteiger partial charge in [0.2, 0.25) is 5.79 Å². The molecule has 7 heteroatoms. The molecule has 3 rings (SSSR count). The number of nitrogens with zero attached hydrogens (tertiary/aromatic N) is 2. The van der Waals surface area contributed by atoms with Gasteiger partial charge < -0.3 is 14.3 Å². The van der Waals surface area contributed by atoms with Crippen molar-refractivity contribution in [2.24, 2.45) is 5.16 Å². The van der Waals surface area contributed by atoms with Gasteiger partial charge in [-0.2, -0.15) is 0 Å². The van der Waals surface area contributed by atoms with Crippen molar-refractivity contribution in [1.29, 1.82) is 0 Å². The highest BCUT2D eigenvalue weighted by molar-refractivity contribution is 6.05. The van der Waals surface area contributed by atoms with Gasteiger partial charge in [0.05, 0.1) is 4.92 Å². The van der Waals surface area contributed by atoms with Crippen LogP contribution in [0.2, 0.25) is 0 Å². The summed E-state index contributed by atoms with van der Waals surface area (Å²) in [4.78, 5) is 16.0. The van der Waals surface area contributed by atoms with Crippen molar-refractivity contribution < 1.29 is 19.2 Å². The van der Waals surface area contributed by atoms with Crippen molar-refractivity contribution >= 4 is 11.4 Å². The van der Waals surface area contributed by atoms with E-state index in [1.807, 2.05) is 60.7 Å². The van der Waals surface area contributed by atoms with Gasteiger partial charge >= 0.3 is 0 Å². The largest absolute Gasteiger partial charge is 0.391 e. The second kappa shape index (κ2) is 9.78. The van der Waals surface area contributed by atoms with E-state index in [0.717, 1.165) is 16.7 Å². The Morgan fingerprint density at radius 3 is 2.00 bits per heavy atom. The maximum absolute atomic E-state index is 10.8. The molecule has 0 fully saturated rings. The summed E-state index contributed by atoms with van der Waals surface area (Å²) in [6, 6.07) is 25.1. The molecule has 3 aromatic carbocycles. The van der Waals surface area contributed by atoms with Crippen molar-refractivity contribution in [1.82, 2.24) is 0 Å². The van der Waals surface area contributed by atoms with Crippen LogP contribution in [0.3, 0.4) is 0 Å². The molecular weight excluding hydrogens is 384 g/mol. The van der Waals surface area contributed by atoms with Crippen LogP contribution < -0.4 is 0 Å². The quantitative estimate of drug-likeness (QED) is 0.223. The first-order chi connectivity index (χ1) is 14.6. The van der Waals surface area contributed by atoms with Crippen LogP contribution in [0.4, 0.5) is 5.69 Å². The maximum Gasteiger partial charge on any atom is 0.269 e. The third-order valence-corrected chi connectivity index (χ3v) is 4.62. The Morgan fingerprint density at radius 1 is 0.900 bits per heavy atom. The van der Waals surface area contributed by atoms with E-state index in [2.05, 4.69) is 5.16 Å². The number of rotatable bonds is 9. The van der Waals surface area contributed by atoms with E-state index in [4.69, 9.17) is 14.3 Å². The van der Waals surface area contributed by atoms with Gasteiger partial charge in [-0.25, -0.2) is 0 Å². The van der Waals surface area contributed by atoms with Gasteiger partial charge in [-0.3, -0.25) is 10.1 Å². The van der Waals surface area contributed by atoms with E-state index in [-0.39, 0.29) is 12.3 Å². The molecule has 0 atom stereocenters. The van der Waals surface area contributed by atoms with E-state index in [0.29, 0.717) is 5.71 Å². The van der Waals surface area contributed by atoms with Gasteiger partial charge in [-0.1, -0.05) is 65.8 Å². The highest BCUT2D eigenvalue weighted by atomic mass is 16.7. The number of nitro benzene ring substituents is 1. The van der Waals surface area contributed by atoms with Crippen molar-refractivity contribution in [2.45, 2.75) is 12.4 Å². The van der Waals surface area contributed by atoms with Crippen LogP contribution in [0.1, 0.15) is 16.7 Å². The molecule has 0 aliphatic heterocycles. The van der Waals surface area contributed by atoms with Crippen LogP contribution >= 0.6 is 0 Å². The number of non-ortho nitro benzene ring substituents is 1. The zero-order chi connectivity index (χ0) is 21.4. The lowest BCUT2D eigenvalue weighted by atomic mass is 9.95. The summed E-state index contributed by atoms with van der Waals surface area (Å²) in [6.45, 7) is 0.132. The first kappa shape index (κ1) is 21.2. The maximum atomic E-state index is 10.8. The number of benzene rings is 3. The third-order valence-electron chi connectivity index (χ3n) is 4.62. The Hall–Kier alpha value is -3.55. The van der Waals surface area contributed by atoms with Crippen LogP contribution in [-0.2, 0) is 26.7 Å². The number of ether oxygens (including phenoxy) is 2. The molecule has 0 radical (unpaired) electrons. The minimum Gasteiger partial charge on any atom is -0.391 e. The van der Waals surface area contributed by atoms with Crippen molar-refractivity contribution in [3.8, 4) is 0 Å². The van der Waals surface area contributed by atoms with E-state index in [1.54, 1.807) is 26.4 Å². The van der Waals surface area contributed by atoms with E-state index >= 15 is 0 Å². The molecule has 0 spiro atoms. The predicted molar refractivity (Wildman–Crippen MR) is 113 cm³/mol. The lowest BCUT2D eigenvalue weighted by Gasteiger charge is -2.32. The lowest BCUT2D eigenvalue weighted by Crippen LogP contribution is -2.40. The Balaban J connectivity index is 1.95. The van der Waals surface area contributed by atoms with Gasteiger partial charge in [-0.05, 0) is 17.7 Å². The molecule has 0 N–H and O–H groups in total. The summed E-state index contributed by atoms with van der Waals surface area (Å²) in [7, 11) is 3.09. The average Bonchev–Trinajstić information content (AvgIpc) is 2.80. The molecule has 0 saturated heterocycles. The summed E-state index contributed by atoms with van der Waals surface area (Å²) >= 11 is 0. The normalized spacial score (nSPS) is 11.9. The number of methoxy groups -OCH3 is 2. The summed E-state index contributed by atoms with van der Waals surface area (Å²) in [5.41, 5.74) is 2.75. The molecule has 0 unspecified atom stereocenters. The third kappa shape index (κ3) is 4.53. The van der Waals surface area contributed by atoms with Crippen LogP contribution in [0, 0.1) is 10.1 Å². The minimum atomic E-state index is -1.28. The molecule has 3 aromatic rings. The second-order valence-electron chi connectivity index (χ2n) is 6.39. The highest BCUT2D eigenvalue weighted by Crippen LogP contribution is 2.31. The zero-order valence-corrected chi connectivity index (χ0v) is 16.7. The van der Waals surface area contributed by atoms with E-state index in [9.17, 15) is 10.1 Å². The minimum absolute atomic E-state index is 0.0223. The molecule has 7 nitrogen and oxygen atoms in total. The van der Waals surface area contributed by atoms with Crippen LogP contribution in [0.25, 0.3) is 0 Å². The molecule has 0 heterocycles.